The van der Waals surface area contributed by atoms with Crippen LogP contribution in [-0.2, 0) is 4.57 Å². The Kier molecular flexibility index (Phi) is 4.62. The van der Waals surface area contributed by atoms with Gasteiger partial charge in [0.05, 0.1) is 4.17 Å². The molecule has 0 saturated carbocycles. The van der Waals surface area contributed by atoms with Crippen LogP contribution in [0.15, 0.2) is 0 Å². The molecule has 0 aromatic carbocycles. The van der Waals surface area contributed by atoms with Gasteiger partial charge in [0.25, 0.3) is 0 Å². The molecule has 0 spiro atoms. The summed E-state index contributed by atoms with van der Waals surface area (Å²) in [7, 11) is 0.235. The Hall–Kier alpha value is 0.830. The Labute approximate surface area is 40.1 Å². The summed E-state index contributed by atoms with van der Waals surface area (Å²) < 4.78 is 9.97. The van der Waals surface area contributed by atoms with E-state index in [4.69, 9.17) is 0 Å². The molecule has 0 aliphatic rings. The SMILES string of the molecule is O=PCI. The third kappa shape index (κ3) is 2.83. The van der Waals surface area contributed by atoms with Crippen molar-refractivity contribution in [3.63, 3.8) is 0 Å². The van der Waals surface area contributed by atoms with Crippen LogP contribution in [0.4, 0.5) is 0 Å². The van der Waals surface area contributed by atoms with Crippen molar-refractivity contribution >= 4 is 31.1 Å². The molecule has 0 N–H and O–H groups in total. The lowest BCUT2D eigenvalue weighted by Crippen LogP contribution is -1.26. The number of alkyl halides is 1. The number of hydrogen-bond acceptors (Lipinski definition) is 1. The Morgan fingerprint density at radius 2 is 2.25 bits per heavy atom. The topological polar surface area (TPSA) is 17.1 Å². The van der Waals surface area contributed by atoms with Gasteiger partial charge in [-0.05, 0) is 0 Å². The summed E-state index contributed by atoms with van der Waals surface area (Å²) in [4.78, 5) is 0. The second-order valence-electron chi connectivity index (χ2n) is 0.249. The highest BCUT2D eigenvalue weighted by atomic mass is 127. The molecule has 4 heavy (non-hydrogen) atoms. The van der Waals surface area contributed by atoms with Crippen molar-refractivity contribution in [1.82, 2.24) is 0 Å². The first kappa shape index (κ1) is 4.83. The predicted octanol–water partition coefficient (Wildman–Crippen LogP) is 1.67. The molecule has 24 valence electrons. The Bertz CT molecular complexity index is 22.0. The maximum Gasteiger partial charge on any atom is 0.165 e. The third-order valence-electron chi connectivity index (χ3n) is 0.0488. The van der Waals surface area contributed by atoms with E-state index in [0.717, 1.165) is 0 Å². The Balaban J connectivity index is 2.30. The smallest absolute Gasteiger partial charge is 0.165 e. The first-order valence-electron chi connectivity index (χ1n) is 0.766. The second kappa shape index (κ2) is 3.83. The van der Waals surface area contributed by atoms with Crippen molar-refractivity contribution in [2.24, 2.45) is 0 Å². The quantitative estimate of drug-likeness (QED) is 0.347. The van der Waals surface area contributed by atoms with E-state index >= 15 is 0 Å². The zero-order chi connectivity index (χ0) is 3.41. The molecule has 0 heterocycles. The molecule has 0 saturated heterocycles. The van der Waals surface area contributed by atoms with Crippen LogP contribution in [0.3, 0.4) is 0 Å². The van der Waals surface area contributed by atoms with Crippen LogP contribution >= 0.6 is 31.1 Å². The summed E-state index contributed by atoms with van der Waals surface area (Å²) >= 11 is 2.03. The highest BCUT2D eigenvalue weighted by Crippen LogP contribution is 1.94. The summed E-state index contributed by atoms with van der Waals surface area (Å²) in [6.07, 6.45) is 0. The monoisotopic (exact) mass is 188 g/mol. The molecule has 0 amide bonds. The largest absolute Gasteiger partial charge is 0.274 e. The average Bonchev–Trinajstić information content (AvgIpc) is 1.37. The molecule has 1 nitrogen and oxygen atoms in total. The molecule has 3 heteroatoms. The molecule has 0 aliphatic carbocycles. The molecule has 0 aliphatic heterocycles. The van der Waals surface area contributed by atoms with Gasteiger partial charge < -0.3 is 0 Å². The highest BCUT2D eigenvalue weighted by Gasteiger charge is 1.57. The maximum absolute atomic E-state index is 9.26. The van der Waals surface area contributed by atoms with Crippen molar-refractivity contribution in [2.75, 3.05) is 4.17 Å². The van der Waals surface area contributed by atoms with Crippen LogP contribution in [-0.4, -0.2) is 4.17 Å². The first-order chi connectivity index (χ1) is 1.91. The third-order valence-corrected chi connectivity index (χ3v) is 0.982. The summed E-state index contributed by atoms with van der Waals surface area (Å²) in [6.45, 7) is 0. The van der Waals surface area contributed by atoms with Gasteiger partial charge in [0.1, 0.15) is 0 Å². The lowest BCUT2D eigenvalue weighted by atomic mass is 11.9. The molecule has 0 aromatic heterocycles. The Morgan fingerprint density at radius 1 is 2.00 bits per heavy atom. The van der Waals surface area contributed by atoms with Crippen LogP contribution in [0.25, 0.3) is 0 Å². The summed E-state index contributed by atoms with van der Waals surface area (Å²) in [6, 6.07) is 0. The molecule has 0 aromatic rings. The van der Waals surface area contributed by atoms with E-state index in [0.29, 0.717) is 4.17 Å². The second-order valence-corrected chi connectivity index (χ2v) is 2.79. The molecule has 0 fully saturated rings. The van der Waals surface area contributed by atoms with Gasteiger partial charge in [-0.3, -0.25) is 4.57 Å². The minimum absolute atomic E-state index is 0.235. The van der Waals surface area contributed by atoms with E-state index < -0.39 is 0 Å². The summed E-state index contributed by atoms with van der Waals surface area (Å²) in [5, 5.41) is 0. The van der Waals surface area contributed by atoms with E-state index in [2.05, 4.69) is 0 Å². The molecular formula is CH2IOP. The van der Waals surface area contributed by atoms with Gasteiger partial charge in [-0.1, -0.05) is 22.6 Å². The van der Waals surface area contributed by atoms with Crippen molar-refractivity contribution in [3.8, 4) is 0 Å². The van der Waals surface area contributed by atoms with Gasteiger partial charge in [-0.25, -0.2) is 0 Å². The lowest BCUT2D eigenvalue weighted by molar-refractivity contribution is 0.601. The molecule has 0 radical (unpaired) electrons. The molecule has 0 rings (SSSR count). The van der Waals surface area contributed by atoms with Gasteiger partial charge in [0.2, 0.25) is 0 Å². The van der Waals surface area contributed by atoms with Crippen LogP contribution in [0.5, 0.6) is 0 Å². The molecule has 0 atom stereocenters. The number of hydrogen-bond donors (Lipinski definition) is 0. The standard InChI is InChI=1S/CH2IOP/c2-1-4-3/h1H2. The van der Waals surface area contributed by atoms with Crippen LogP contribution in [0.2, 0.25) is 0 Å². The fraction of sp³-hybridized carbons (Fsp3) is 1.00. The Morgan fingerprint density at radius 3 is 2.25 bits per heavy atom. The van der Waals surface area contributed by atoms with Crippen LogP contribution in [0.1, 0.15) is 0 Å². The average molecular weight is 188 g/mol. The predicted molar refractivity (Wildman–Crippen MR) is 26.5 cm³/mol. The minimum atomic E-state index is 0.235. The van der Waals surface area contributed by atoms with E-state index in [9.17, 15) is 4.57 Å². The maximum atomic E-state index is 9.26. The van der Waals surface area contributed by atoms with Crippen molar-refractivity contribution in [3.05, 3.63) is 0 Å². The number of rotatable bonds is 1. The van der Waals surface area contributed by atoms with E-state index in [-0.39, 0.29) is 8.46 Å². The fourth-order valence-corrected chi connectivity index (χ4v) is 0. The van der Waals surface area contributed by atoms with E-state index in [1.807, 2.05) is 22.6 Å². The van der Waals surface area contributed by atoms with Gasteiger partial charge in [0, 0.05) is 0 Å². The lowest BCUT2D eigenvalue weighted by Gasteiger charge is -1.46. The van der Waals surface area contributed by atoms with Gasteiger partial charge in [-0.2, -0.15) is 0 Å². The first-order valence-corrected chi connectivity index (χ1v) is 3.29. The number of halogens is 1. The van der Waals surface area contributed by atoms with Gasteiger partial charge in [0.15, 0.2) is 8.46 Å². The molecular weight excluding hydrogens is 186 g/mol. The fourth-order valence-electron chi connectivity index (χ4n) is 0. The van der Waals surface area contributed by atoms with Crippen LogP contribution in [0, 0.1) is 0 Å². The zero-order valence-corrected chi connectivity index (χ0v) is 4.99. The van der Waals surface area contributed by atoms with E-state index in [1.54, 1.807) is 0 Å². The van der Waals surface area contributed by atoms with Crippen molar-refractivity contribution in [1.29, 1.82) is 0 Å². The van der Waals surface area contributed by atoms with Crippen LogP contribution < -0.4 is 0 Å². The normalized spacial score (nSPS) is 8.25. The summed E-state index contributed by atoms with van der Waals surface area (Å²) in [5.41, 5.74) is 0. The molecule has 0 unspecified atom stereocenters. The summed E-state index contributed by atoms with van der Waals surface area (Å²) in [5.74, 6) is 0. The van der Waals surface area contributed by atoms with Gasteiger partial charge in [-0.15, -0.1) is 0 Å². The molecule has 0 bridgehead atoms. The zero-order valence-electron chi connectivity index (χ0n) is 1.94. The van der Waals surface area contributed by atoms with Gasteiger partial charge >= 0.3 is 0 Å². The highest BCUT2D eigenvalue weighted by molar-refractivity contribution is 14.1. The van der Waals surface area contributed by atoms with Crippen molar-refractivity contribution < 1.29 is 4.57 Å². The van der Waals surface area contributed by atoms with E-state index in [1.165, 1.54) is 0 Å². The van der Waals surface area contributed by atoms with Crippen molar-refractivity contribution in [2.45, 2.75) is 0 Å². The minimum Gasteiger partial charge on any atom is -0.274 e.